The molecule has 1 aromatic carbocycles. The van der Waals surface area contributed by atoms with Crippen LogP contribution in [0.3, 0.4) is 0 Å². The van der Waals surface area contributed by atoms with Gasteiger partial charge in [0.1, 0.15) is 0 Å². The Balaban J connectivity index is 1.85. The van der Waals surface area contributed by atoms with Crippen molar-refractivity contribution in [2.75, 3.05) is 19.8 Å². The minimum Gasteiger partial charge on any atom is -0.478 e. The second kappa shape index (κ2) is 7.04. The topological polar surface area (TPSA) is 102 Å². The lowest BCUT2D eigenvalue weighted by atomic mass is 9.90. The lowest BCUT2D eigenvalue weighted by Crippen LogP contribution is -2.49. The first-order valence-electron chi connectivity index (χ1n) is 8.21. The van der Waals surface area contributed by atoms with E-state index in [4.69, 9.17) is 14.6 Å². The number of carboxylic acids is 1. The number of carboxylic acid groups (broad SMARTS) is 1. The fourth-order valence-corrected chi connectivity index (χ4v) is 4.69. The van der Waals surface area contributed by atoms with Crippen LogP contribution in [0.25, 0.3) is 0 Å². The predicted octanol–water partition coefficient (Wildman–Crippen LogP) is 2.02. The molecule has 0 aliphatic carbocycles. The number of carbonyl (C=O) groups is 1. The molecule has 0 bridgehead atoms. The van der Waals surface area contributed by atoms with Crippen molar-refractivity contribution < 1.29 is 41.0 Å². The highest BCUT2D eigenvalue weighted by Gasteiger charge is 2.42. The smallest absolute Gasteiger partial charge is 0.417 e. The Hall–Kier alpha value is -1.69. The molecule has 27 heavy (non-hydrogen) atoms. The molecule has 2 fully saturated rings. The summed E-state index contributed by atoms with van der Waals surface area (Å²) in [5.41, 5.74) is -3.09. The van der Waals surface area contributed by atoms with Gasteiger partial charge in [0.25, 0.3) is 0 Å². The second-order valence-electron chi connectivity index (χ2n) is 6.66. The summed E-state index contributed by atoms with van der Waals surface area (Å²) in [6, 6.07) is 1.34. The van der Waals surface area contributed by atoms with E-state index in [-0.39, 0.29) is 0 Å². The molecule has 3 rings (SSSR count). The standard InChI is InChI=1S/C16H18F3NO6S/c17-16(18,19)13-7-11(1-2-12(13)14(21)22)27(23,24)20-10-3-5-26-15(8-10)4-6-25-9-15/h1-2,7,10,20H,3-6,8-9H2,(H,21,22). The van der Waals surface area contributed by atoms with E-state index < -0.39 is 49.8 Å². The highest BCUT2D eigenvalue weighted by Crippen LogP contribution is 2.35. The molecule has 0 aromatic heterocycles. The zero-order valence-electron chi connectivity index (χ0n) is 14.1. The third-order valence-electron chi connectivity index (χ3n) is 4.72. The summed E-state index contributed by atoms with van der Waals surface area (Å²) in [6.45, 7) is 1.16. The molecule has 150 valence electrons. The zero-order valence-corrected chi connectivity index (χ0v) is 14.9. The van der Waals surface area contributed by atoms with Gasteiger partial charge in [-0.3, -0.25) is 0 Å². The van der Waals surface area contributed by atoms with E-state index in [1.165, 1.54) is 0 Å². The fourth-order valence-electron chi connectivity index (χ4n) is 3.39. The number of hydrogen-bond acceptors (Lipinski definition) is 5. The van der Waals surface area contributed by atoms with Crippen LogP contribution in [0.15, 0.2) is 23.1 Å². The maximum Gasteiger partial charge on any atom is 0.417 e. The van der Waals surface area contributed by atoms with Crippen molar-refractivity contribution in [2.45, 2.75) is 42.0 Å². The second-order valence-corrected chi connectivity index (χ2v) is 8.37. The minimum atomic E-state index is -5.00. The predicted molar refractivity (Wildman–Crippen MR) is 85.9 cm³/mol. The molecule has 0 radical (unpaired) electrons. The molecule has 2 heterocycles. The van der Waals surface area contributed by atoms with E-state index in [0.29, 0.717) is 51.2 Å². The first-order chi connectivity index (χ1) is 12.5. The fraction of sp³-hybridized carbons (Fsp3) is 0.562. The highest BCUT2D eigenvalue weighted by molar-refractivity contribution is 7.89. The number of sulfonamides is 1. The number of hydrogen-bond donors (Lipinski definition) is 2. The van der Waals surface area contributed by atoms with Crippen LogP contribution in [-0.4, -0.2) is 51.0 Å². The molecule has 2 aliphatic rings. The largest absolute Gasteiger partial charge is 0.478 e. The minimum absolute atomic E-state index is 0.308. The summed E-state index contributed by atoms with van der Waals surface area (Å²) in [4.78, 5) is 10.4. The van der Waals surface area contributed by atoms with E-state index in [0.717, 1.165) is 6.07 Å². The molecule has 1 spiro atoms. The van der Waals surface area contributed by atoms with E-state index >= 15 is 0 Å². The maximum absolute atomic E-state index is 13.1. The summed E-state index contributed by atoms with van der Waals surface area (Å²) in [7, 11) is -4.27. The third kappa shape index (κ3) is 4.26. The van der Waals surface area contributed by atoms with Gasteiger partial charge in [-0.1, -0.05) is 0 Å². The van der Waals surface area contributed by atoms with Gasteiger partial charge in [0.2, 0.25) is 10.0 Å². The number of aromatic carboxylic acids is 1. The molecule has 2 N–H and O–H groups in total. The molecular formula is C16H18F3NO6S. The van der Waals surface area contributed by atoms with Crippen LogP contribution >= 0.6 is 0 Å². The summed E-state index contributed by atoms with van der Waals surface area (Å²) in [6.07, 6.45) is -3.65. The van der Waals surface area contributed by atoms with Crippen molar-refractivity contribution in [2.24, 2.45) is 0 Å². The molecule has 2 unspecified atom stereocenters. The Morgan fingerprint density at radius 2 is 2.04 bits per heavy atom. The maximum atomic E-state index is 13.1. The molecule has 2 saturated heterocycles. The van der Waals surface area contributed by atoms with Gasteiger partial charge in [-0.25, -0.2) is 17.9 Å². The molecule has 7 nitrogen and oxygen atoms in total. The lowest BCUT2D eigenvalue weighted by molar-refractivity contribution is -0.138. The van der Waals surface area contributed by atoms with Crippen molar-refractivity contribution >= 4 is 16.0 Å². The number of benzene rings is 1. The van der Waals surface area contributed by atoms with Crippen LogP contribution in [0.1, 0.15) is 35.2 Å². The van der Waals surface area contributed by atoms with Crippen molar-refractivity contribution in [3.63, 3.8) is 0 Å². The molecule has 1 aromatic rings. The van der Waals surface area contributed by atoms with E-state index in [1.54, 1.807) is 0 Å². The number of halogens is 3. The quantitative estimate of drug-likeness (QED) is 0.789. The molecule has 2 aliphatic heterocycles. The summed E-state index contributed by atoms with van der Waals surface area (Å²) in [5.74, 6) is -1.79. The van der Waals surface area contributed by atoms with Gasteiger partial charge in [0.05, 0.1) is 28.2 Å². The third-order valence-corrected chi connectivity index (χ3v) is 6.24. The summed E-state index contributed by atoms with van der Waals surface area (Å²) >= 11 is 0. The first kappa shape index (κ1) is 20.1. The Labute approximate surface area is 153 Å². The Kier molecular flexibility index (Phi) is 5.23. The van der Waals surface area contributed by atoms with Gasteiger partial charge in [0, 0.05) is 25.7 Å². The van der Waals surface area contributed by atoms with Crippen LogP contribution in [0, 0.1) is 0 Å². The zero-order chi connectivity index (χ0) is 19.9. The van der Waals surface area contributed by atoms with Gasteiger partial charge in [-0.15, -0.1) is 0 Å². The van der Waals surface area contributed by atoms with Gasteiger partial charge in [0.15, 0.2) is 0 Å². The SMILES string of the molecule is O=C(O)c1ccc(S(=O)(=O)NC2CCOC3(CCOC3)C2)cc1C(F)(F)F. The number of alkyl halides is 3. The van der Waals surface area contributed by atoms with Gasteiger partial charge in [-0.05, 0) is 31.0 Å². The van der Waals surface area contributed by atoms with Crippen molar-refractivity contribution in [3.8, 4) is 0 Å². The summed E-state index contributed by atoms with van der Waals surface area (Å²) < 4.78 is 77.9. The van der Waals surface area contributed by atoms with Crippen molar-refractivity contribution in [1.82, 2.24) is 4.72 Å². The first-order valence-corrected chi connectivity index (χ1v) is 9.69. The van der Waals surface area contributed by atoms with Crippen LogP contribution in [0.2, 0.25) is 0 Å². The Bertz CT molecular complexity index is 833. The molecule has 2 atom stereocenters. The van der Waals surface area contributed by atoms with Gasteiger partial charge >= 0.3 is 12.1 Å². The number of rotatable bonds is 4. The number of ether oxygens (including phenoxy) is 2. The van der Waals surface area contributed by atoms with E-state index in [1.807, 2.05) is 0 Å². The van der Waals surface area contributed by atoms with Crippen molar-refractivity contribution in [3.05, 3.63) is 29.3 Å². The van der Waals surface area contributed by atoms with Crippen LogP contribution in [0.5, 0.6) is 0 Å². The monoisotopic (exact) mass is 409 g/mol. The van der Waals surface area contributed by atoms with Crippen LogP contribution in [-0.2, 0) is 25.7 Å². The van der Waals surface area contributed by atoms with E-state index in [9.17, 15) is 26.4 Å². The van der Waals surface area contributed by atoms with Crippen LogP contribution < -0.4 is 4.72 Å². The van der Waals surface area contributed by atoms with Crippen LogP contribution in [0.4, 0.5) is 13.2 Å². The van der Waals surface area contributed by atoms with Crippen molar-refractivity contribution in [1.29, 1.82) is 0 Å². The Morgan fingerprint density at radius 3 is 2.63 bits per heavy atom. The lowest BCUT2D eigenvalue weighted by Gasteiger charge is -2.37. The normalized spacial score (nSPS) is 26.4. The summed E-state index contributed by atoms with van der Waals surface area (Å²) in [5, 5.41) is 8.91. The van der Waals surface area contributed by atoms with Gasteiger partial charge in [-0.2, -0.15) is 13.2 Å². The molecule has 0 amide bonds. The number of nitrogens with one attached hydrogen (secondary N) is 1. The highest BCUT2D eigenvalue weighted by atomic mass is 32.2. The van der Waals surface area contributed by atoms with E-state index in [2.05, 4.69) is 4.72 Å². The average Bonchev–Trinajstić information content (AvgIpc) is 3.00. The molecule has 0 saturated carbocycles. The van der Waals surface area contributed by atoms with Gasteiger partial charge < -0.3 is 14.6 Å². The molecule has 11 heteroatoms. The Morgan fingerprint density at radius 1 is 1.30 bits per heavy atom. The molecular weight excluding hydrogens is 391 g/mol. The average molecular weight is 409 g/mol.